The standard InChI is InChI=1S/C18H16ClN5O/c19-15-2-1-14(16(17(20)25)13-5-9-22-10-6-13)18(24-15)23-11-12-3-7-21-8-4-12/h1-10,16H,11H2,(H2,20,25)(H,23,24). The Balaban J connectivity index is 1.96. The van der Waals surface area contributed by atoms with Crippen LogP contribution in [0.15, 0.2) is 61.2 Å². The average molecular weight is 354 g/mol. The number of amides is 1. The second kappa shape index (κ2) is 7.72. The molecule has 0 aromatic carbocycles. The maximum atomic E-state index is 12.1. The van der Waals surface area contributed by atoms with Crippen LogP contribution in [0.5, 0.6) is 0 Å². The number of nitrogens with one attached hydrogen (secondary N) is 1. The second-order valence-electron chi connectivity index (χ2n) is 5.40. The normalized spacial score (nSPS) is 11.7. The molecular formula is C18H16ClN5O. The molecule has 3 aromatic rings. The molecule has 0 aliphatic carbocycles. The molecule has 7 heteroatoms. The van der Waals surface area contributed by atoms with Gasteiger partial charge in [0.1, 0.15) is 11.0 Å². The summed E-state index contributed by atoms with van der Waals surface area (Å²) in [4.78, 5) is 24.4. The number of nitrogens with zero attached hydrogens (tertiary/aromatic N) is 3. The number of anilines is 1. The van der Waals surface area contributed by atoms with Gasteiger partial charge in [-0.1, -0.05) is 17.7 Å². The van der Waals surface area contributed by atoms with Crippen LogP contribution >= 0.6 is 11.6 Å². The Kier molecular flexibility index (Phi) is 5.20. The van der Waals surface area contributed by atoms with Crippen molar-refractivity contribution in [2.45, 2.75) is 12.5 Å². The maximum absolute atomic E-state index is 12.1. The van der Waals surface area contributed by atoms with E-state index < -0.39 is 11.8 Å². The summed E-state index contributed by atoms with van der Waals surface area (Å²) in [5, 5.41) is 3.56. The molecule has 3 heterocycles. The molecule has 0 radical (unpaired) electrons. The van der Waals surface area contributed by atoms with E-state index >= 15 is 0 Å². The van der Waals surface area contributed by atoms with Crippen molar-refractivity contribution >= 4 is 23.3 Å². The average Bonchev–Trinajstić information content (AvgIpc) is 2.63. The van der Waals surface area contributed by atoms with Crippen molar-refractivity contribution in [2.24, 2.45) is 5.73 Å². The Hall–Kier alpha value is -2.99. The van der Waals surface area contributed by atoms with Gasteiger partial charge in [-0.25, -0.2) is 4.98 Å². The van der Waals surface area contributed by atoms with Gasteiger partial charge in [-0.05, 0) is 41.5 Å². The van der Waals surface area contributed by atoms with Crippen LogP contribution in [0.4, 0.5) is 5.82 Å². The third kappa shape index (κ3) is 4.10. The lowest BCUT2D eigenvalue weighted by Crippen LogP contribution is -2.24. The molecule has 1 atom stereocenters. The number of carbonyl (C=O) groups is 1. The molecule has 3 aromatic heterocycles. The Morgan fingerprint density at radius 1 is 1.04 bits per heavy atom. The van der Waals surface area contributed by atoms with E-state index in [-0.39, 0.29) is 0 Å². The summed E-state index contributed by atoms with van der Waals surface area (Å²) in [5.74, 6) is -0.597. The number of halogens is 1. The van der Waals surface area contributed by atoms with Crippen LogP contribution in [0.1, 0.15) is 22.6 Å². The molecule has 0 aliphatic heterocycles. The predicted octanol–water partition coefficient (Wildman–Crippen LogP) is 2.75. The molecule has 0 spiro atoms. The number of nitrogens with two attached hydrogens (primary N) is 1. The van der Waals surface area contributed by atoms with Gasteiger partial charge in [0, 0.05) is 36.9 Å². The monoisotopic (exact) mass is 353 g/mol. The highest BCUT2D eigenvalue weighted by Crippen LogP contribution is 2.30. The summed E-state index contributed by atoms with van der Waals surface area (Å²) < 4.78 is 0. The summed E-state index contributed by atoms with van der Waals surface area (Å²) in [6.45, 7) is 0.519. The number of carbonyl (C=O) groups excluding carboxylic acids is 1. The number of rotatable bonds is 6. The first kappa shape index (κ1) is 16.9. The number of pyridine rings is 3. The number of aromatic nitrogens is 3. The molecule has 126 valence electrons. The zero-order valence-corrected chi connectivity index (χ0v) is 14.0. The van der Waals surface area contributed by atoms with Gasteiger partial charge < -0.3 is 11.1 Å². The third-order valence-electron chi connectivity index (χ3n) is 3.74. The summed E-state index contributed by atoms with van der Waals surface area (Å²) in [7, 11) is 0. The second-order valence-corrected chi connectivity index (χ2v) is 5.78. The predicted molar refractivity (Wildman–Crippen MR) is 96.1 cm³/mol. The molecule has 0 saturated carbocycles. The molecular weight excluding hydrogens is 338 g/mol. The number of primary amides is 1. The number of hydrogen-bond donors (Lipinski definition) is 2. The largest absolute Gasteiger partial charge is 0.369 e. The Bertz CT molecular complexity index is 858. The zero-order chi connectivity index (χ0) is 17.6. The van der Waals surface area contributed by atoms with Gasteiger partial charge in [0.25, 0.3) is 0 Å². The van der Waals surface area contributed by atoms with Crippen LogP contribution in [0.25, 0.3) is 0 Å². The minimum Gasteiger partial charge on any atom is -0.369 e. The topological polar surface area (TPSA) is 93.8 Å². The Morgan fingerprint density at radius 3 is 2.32 bits per heavy atom. The zero-order valence-electron chi connectivity index (χ0n) is 13.3. The molecule has 6 nitrogen and oxygen atoms in total. The highest BCUT2D eigenvalue weighted by Gasteiger charge is 2.24. The highest BCUT2D eigenvalue weighted by atomic mass is 35.5. The fourth-order valence-electron chi connectivity index (χ4n) is 2.56. The molecule has 1 unspecified atom stereocenters. The van der Waals surface area contributed by atoms with Gasteiger partial charge in [0.05, 0.1) is 5.92 Å². The summed E-state index contributed by atoms with van der Waals surface area (Å²) in [6, 6.07) is 10.7. The van der Waals surface area contributed by atoms with Crippen LogP contribution in [-0.2, 0) is 11.3 Å². The lowest BCUT2D eigenvalue weighted by molar-refractivity contribution is -0.118. The van der Waals surface area contributed by atoms with Crippen molar-refractivity contribution in [3.05, 3.63) is 83.0 Å². The van der Waals surface area contributed by atoms with Gasteiger partial charge in [-0.2, -0.15) is 0 Å². The van der Waals surface area contributed by atoms with Gasteiger partial charge in [0.15, 0.2) is 0 Å². The van der Waals surface area contributed by atoms with Crippen molar-refractivity contribution in [2.75, 3.05) is 5.32 Å². The molecule has 3 rings (SSSR count). The lowest BCUT2D eigenvalue weighted by atomic mass is 9.91. The fourth-order valence-corrected chi connectivity index (χ4v) is 2.71. The molecule has 0 saturated heterocycles. The Labute approximate surface area is 150 Å². The van der Waals surface area contributed by atoms with Gasteiger partial charge in [0.2, 0.25) is 5.91 Å². The van der Waals surface area contributed by atoms with Crippen molar-refractivity contribution in [1.29, 1.82) is 0 Å². The maximum Gasteiger partial charge on any atom is 0.229 e. The van der Waals surface area contributed by atoms with Crippen LogP contribution in [0.3, 0.4) is 0 Å². The van der Waals surface area contributed by atoms with Crippen LogP contribution < -0.4 is 11.1 Å². The summed E-state index contributed by atoms with van der Waals surface area (Å²) in [6.07, 6.45) is 6.68. The summed E-state index contributed by atoms with van der Waals surface area (Å²) in [5.41, 5.74) is 8.10. The molecule has 0 aliphatic rings. The lowest BCUT2D eigenvalue weighted by Gasteiger charge is -2.18. The van der Waals surface area contributed by atoms with Crippen molar-refractivity contribution in [3.8, 4) is 0 Å². The van der Waals surface area contributed by atoms with Crippen LogP contribution in [0, 0.1) is 0 Å². The first-order valence-electron chi connectivity index (χ1n) is 7.63. The van der Waals surface area contributed by atoms with E-state index in [1.807, 2.05) is 12.1 Å². The van der Waals surface area contributed by atoms with E-state index in [1.165, 1.54) is 0 Å². The smallest absolute Gasteiger partial charge is 0.229 e. The quantitative estimate of drug-likeness (QED) is 0.664. The van der Waals surface area contributed by atoms with Crippen LogP contribution in [-0.4, -0.2) is 20.9 Å². The molecule has 25 heavy (non-hydrogen) atoms. The fraction of sp³-hybridized carbons (Fsp3) is 0.111. The summed E-state index contributed by atoms with van der Waals surface area (Å²) >= 11 is 6.04. The van der Waals surface area contributed by atoms with E-state index in [2.05, 4.69) is 20.3 Å². The van der Waals surface area contributed by atoms with Crippen molar-refractivity contribution in [3.63, 3.8) is 0 Å². The molecule has 0 fully saturated rings. The van der Waals surface area contributed by atoms with E-state index in [0.29, 0.717) is 23.1 Å². The first-order valence-corrected chi connectivity index (χ1v) is 8.01. The van der Waals surface area contributed by atoms with E-state index in [0.717, 1.165) is 11.1 Å². The number of hydrogen-bond acceptors (Lipinski definition) is 5. The van der Waals surface area contributed by atoms with Crippen LogP contribution in [0.2, 0.25) is 5.15 Å². The van der Waals surface area contributed by atoms with E-state index in [1.54, 1.807) is 49.1 Å². The van der Waals surface area contributed by atoms with E-state index in [9.17, 15) is 4.79 Å². The van der Waals surface area contributed by atoms with Gasteiger partial charge in [-0.3, -0.25) is 14.8 Å². The van der Waals surface area contributed by atoms with Crippen molar-refractivity contribution in [1.82, 2.24) is 15.0 Å². The van der Waals surface area contributed by atoms with Gasteiger partial charge in [-0.15, -0.1) is 0 Å². The first-order chi connectivity index (χ1) is 12.1. The van der Waals surface area contributed by atoms with E-state index in [4.69, 9.17) is 17.3 Å². The van der Waals surface area contributed by atoms with Crippen molar-refractivity contribution < 1.29 is 4.79 Å². The molecule has 0 bridgehead atoms. The Morgan fingerprint density at radius 2 is 1.68 bits per heavy atom. The third-order valence-corrected chi connectivity index (χ3v) is 3.95. The molecule has 3 N–H and O–H groups in total. The highest BCUT2D eigenvalue weighted by molar-refractivity contribution is 6.29. The molecule has 1 amide bonds. The minimum absolute atomic E-state index is 0.332. The minimum atomic E-state index is -0.646. The van der Waals surface area contributed by atoms with Gasteiger partial charge >= 0.3 is 0 Å². The SMILES string of the molecule is NC(=O)C(c1ccncc1)c1ccc(Cl)nc1NCc1ccncc1.